The Bertz CT molecular complexity index is 753. The molecule has 4 heteroatoms. The molecule has 0 saturated heterocycles. The second-order valence-corrected chi connectivity index (χ2v) is 12.4. The molecule has 1 aromatic heterocycles. The van der Waals surface area contributed by atoms with E-state index in [-0.39, 0.29) is 6.10 Å². The van der Waals surface area contributed by atoms with Crippen LogP contribution in [0.3, 0.4) is 0 Å². The van der Waals surface area contributed by atoms with Crippen molar-refractivity contribution in [3.8, 4) is 0 Å². The van der Waals surface area contributed by atoms with Crippen molar-refractivity contribution >= 4 is 13.9 Å². The van der Waals surface area contributed by atoms with Gasteiger partial charge in [0.05, 0.1) is 6.10 Å². The predicted octanol–water partition coefficient (Wildman–Crippen LogP) is 6.51. The summed E-state index contributed by atoms with van der Waals surface area (Å²) in [5, 5.41) is 0. The number of aryl methyl sites for hydroxylation is 1. The summed E-state index contributed by atoms with van der Waals surface area (Å²) in [5.41, 5.74) is 4.18. The van der Waals surface area contributed by atoms with E-state index in [4.69, 9.17) is 4.43 Å². The molecular formula is C23H34N2OSi. The molecular weight excluding hydrogens is 348 g/mol. The largest absolute Gasteiger partial charge is 0.406 e. The normalized spacial score (nSPS) is 16.6. The van der Waals surface area contributed by atoms with Crippen LogP contribution in [0.4, 0.5) is 0 Å². The summed E-state index contributed by atoms with van der Waals surface area (Å²) in [6.07, 6.45) is 8.74. The first-order valence-corrected chi connectivity index (χ1v) is 13.1. The number of allylic oxidation sites excluding steroid dienone is 1. The molecule has 1 atom stereocenters. The van der Waals surface area contributed by atoms with Gasteiger partial charge < -0.3 is 8.99 Å². The van der Waals surface area contributed by atoms with E-state index in [1.807, 2.05) is 6.20 Å². The minimum absolute atomic E-state index is 0.0738. The Morgan fingerprint density at radius 3 is 2.30 bits per heavy atom. The summed E-state index contributed by atoms with van der Waals surface area (Å²) in [5.74, 6) is 1.12. The van der Waals surface area contributed by atoms with Crippen LogP contribution in [-0.2, 0) is 11.5 Å². The van der Waals surface area contributed by atoms with Crippen molar-refractivity contribution in [2.75, 3.05) is 0 Å². The summed E-state index contributed by atoms with van der Waals surface area (Å²) in [4.78, 5) is 4.68. The second kappa shape index (κ2) is 9.02. The minimum atomic E-state index is -1.74. The minimum Gasteiger partial charge on any atom is -0.406 e. The average molecular weight is 383 g/mol. The van der Waals surface area contributed by atoms with Gasteiger partial charge >= 0.3 is 0 Å². The van der Waals surface area contributed by atoms with E-state index in [1.54, 1.807) is 0 Å². The van der Waals surface area contributed by atoms with Crippen molar-refractivity contribution in [2.45, 2.75) is 70.7 Å². The van der Waals surface area contributed by atoms with Gasteiger partial charge in [-0.2, -0.15) is 0 Å². The van der Waals surface area contributed by atoms with Crippen LogP contribution in [0.5, 0.6) is 0 Å². The first kappa shape index (κ1) is 20.1. The maximum atomic E-state index is 7.12. The molecule has 0 radical (unpaired) electrons. The first-order chi connectivity index (χ1) is 13.1. The summed E-state index contributed by atoms with van der Waals surface area (Å²) in [6.45, 7) is 6.95. The van der Waals surface area contributed by atoms with Gasteiger partial charge in [-0.1, -0.05) is 51.1 Å². The van der Waals surface area contributed by atoms with Crippen molar-refractivity contribution in [3.05, 3.63) is 59.7 Å². The second-order valence-electron chi connectivity index (χ2n) is 7.72. The number of rotatable bonds is 8. The zero-order chi connectivity index (χ0) is 19.3. The Kier molecular flexibility index (Phi) is 6.72. The fourth-order valence-electron chi connectivity index (χ4n) is 4.35. The summed E-state index contributed by atoms with van der Waals surface area (Å²) in [7, 11) is 0.364. The van der Waals surface area contributed by atoms with E-state index in [9.17, 15) is 0 Å². The highest BCUT2D eigenvalue weighted by Gasteiger charge is 2.35. The third kappa shape index (κ3) is 4.27. The molecule has 0 N–H and O–H groups in total. The predicted molar refractivity (Wildman–Crippen MR) is 116 cm³/mol. The molecule has 0 saturated carbocycles. The molecule has 3 nitrogen and oxygen atoms in total. The number of imidazole rings is 1. The maximum Gasteiger partial charge on any atom is 0.193 e. The Balaban J connectivity index is 2.11. The monoisotopic (exact) mass is 382 g/mol. The molecule has 1 unspecified atom stereocenters. The van der Waals surface area contributed by atoms with E-state index in [0.29, 0.717) is 0 Å². The van der Waals surface area contributed by atoms with Crippen LogP contribution in [0.2, 0.25) is 18.1 Å². The highest BCUT2D eigenvalue weighted by molar-refractivity contribution is 6.73. The van der Waals surface area contributed by atoms with Crippen molar-refractivity contribution < 1.29 is 4.43 Å². The highest BCUT2D eigenvalue weighted by atomic mass is 28.4. The lowest BCUT2D eigenvalue weighted by Gasteiger charge is -2.36. The molecule has 0 amide bonds. The highest BCUT2D eigenvalue weighted by Crippen LogP contribution is 2.43. The van der Waals surface area contributed by atoms with Gasteiger partial charge in [0.15, 0.2) is 8.32 Å². The maximum absolute atomic E-state index is 7.12. The molecule has 27 heavy (non-hydrogen) atoms. The lowest BCUT2D eigenvalue weighted by molar-refractivity contribution is 0.219. The fraction of sp³-hybridized carbons (Fsp3) is 0.522. The van der Waals surface area contributed by atoms with Crippen LogP contribution in [0, 0.1) is 0 Å². The third-order valence-corrected chi connectivity index (χ3v) is 10.9. The van der Waals surface area contributed by atoms with E-state index in [1.165, 1.54) is 47.7 Å². The van der Waals surface area contributed by atoms with Crippen LogP contribution in [0.1, 0.15) is 63.9 Å². The van der Waals surface area contributed by atoms with Gasteiger partial charge in [-0.05, 0) is 60.5 Å². The summed E-state index contributed by atoms with van der Waals surface area (Å²) >= 11 is 0. The van der Waals surface area contributed by atoms with Crippen LogP contribution in [-0.4, -0.2) is 17.9 Å². The van der Waals surface area contributed by atoms with Gasteiger partial charge in [-0.25, -0.2) is 4.98 Å². The van der Waals surface area contributed by atoms with Crippen molar-refractivity contribution in [1.82, 2.24) is 9.55 Å². The van der Waals surface area contributed by atoms with Crippen molar-refractivity contribution in [3.63, 3.8) is 0 Å². The Morgan fingerprint density at radius 1 is 1.04 bits per heavy atom. The molecule has 1 heterocycles. The lowest BCUT2D eigenvalue weighted by atomic mass is 9.85. The van der Waals surface area contributed by atoms with Crippen LogP contribution >= 0.6 is 0 Å². The van der Waals surface area contributed by atoms with Crippen LogP contribution < -0.4 is 0 Å². The smallest absolute Gasteiger partial charge is 0.193 e. The quantitative estimate of drug-likeness (QED) is 0.486. The van der Waals surface area contributed by atoms with Gasteiger partial charge in [0, 0.05) is 19.4 Å². The van der Waals surface area contributed by atoms with Gasteiger partial charge in [-0.3, -0.25) is 0 Å². The summed E-state index contributed by atoms with van der Waals surface area (Å²) < 4.78 is 9.28. The van der Waals surface area contributed by atoms with Crippen LogP contribution in [0.15, 0.2) is 48.3 Å². The zero-order valence-electron chi connectivity index (χ0n) is 17.4. The van der Waals surface area contributed by atoms with E-state index < -0.39 is 8.32 Å². The van der Waals surface area contributed by atoms with Crippen LogP contribution in [0.25, 0.3) is 5.57 Å². The molecule has 2 aromatic rings. The fourth-order valence-corrected chi connectivity index (χ4v) is 7.13. The van der Waals surface area contributed by atoms with Gasteiger partial charge in [0.25, 0.3) is 0 Å². The number of hydrogen-bond acceptors (Lipinski definition) is 2. The zero-order valence-corrected chi connectivity index (χ0v) is 18.4. The molecule has 1 aromatic carbocycles. The first-order valence-electron chi connectivity index (χ1n) is 10.6. The molecule has 1 aliphatic rings. The number of benzene rings is 1. The van der Waals surface area contributed by atoms with Gasteiger partial charge in [0.1, 0.15) is 5.82 Å². The van der Waals surface area contributed by atoms with Crippen molar-refractivity contribution in [1.29, 1.82) is 0 Å². The van der Waals surface area contributed by atoms with E-state index in [2.05, 4.69) is 73.9 Å². The number of hydrogen-bond donors (Lipinski definition) is 0. The molecule has 146 valence electrons. The van der Waals surface area contributed by atoms with E-state index in [0.717, 1.165) is 18.7 Å². The van der Waals surface area contributed by atoms with E-state index >= 15 is 0 Å². The number of nitrogens with zero attached hydrogens (tertiary/aromatic N) is 2. The summed E-state index contributed by atoms with van der Waals surface area (Å²) in [6, 6.07) is 14.4. The Morgan fingerprint density at radius 2 is 1.70 bits per heavy atom. The Hall–Kier alpha value is -1.65. The molecule has 0 bridgehead atoms. The lowest BCUT2D eigenvalue weighted by Crippen LogP contribution is -2.38. The van der Waals surface area contributed by atoms with Crippen molar-refractivity contribution in [2.24, 2.45) is 7.05 Å². The van der Waals surface area contributed by atoms with Gasteiger partial charge in [0.2, 0.25) is 0 Å². The molecule has 3 rings (SSSR count). The average Bonchev–Trinajstić information content (AvgIpc) is 3.16. The Labute approximate surface area is 165 Å². The molecule has 1 aliphatic carbocycles. The molecule has 0 spiro atoms. The molecule has 0 aliphatic heterocycles. The van der Waals surface area contributed by atoms with Gasteiger partial charge in [-0.15, -0.1) is 0 Å². The third-order valence-electron chi connectivity index (χ3n) is 6.32. The topological polar surface area (TPSA) is 27.1 Å². The SMILES string of the molecule is CC[Si](CC)(CC)OC(C1=C(c2nccn2C)CCCC1)c1ccccc1. The molecule has 0 fully saturated rings. The standard InChI is InChI=1S/C23H34N2OSi/c1-5-27(6-2,7-3)26-22(19-13-9-8-10-14-19)20-15-11-12-16-21(20)23-24-17-18-25(23)4/h8-10,13-14,17-18,22H,5-7,11-12,15-16H2,1-4H3. The number of aromatic nitrogens is 2.